The maximum atomic E-state index is 6.75. The molecule has 3 aromatic heterocycles. The van der Waals surface area contributed by atoms with E-state index in [1.807, 2.05) is 30.3 Å². The van der Waals surface area contributed by atoms with E-state index in [0.717, 1.165) is 55.7 Å². The Morgan fingerprint density at radius 2 is 1.17 bits per heavy atom. The van der Waals surface area contributed by atoms with Crippen molar-refractivity contribution in [2.45, 2.75) is 0 Å². The highest BCUT2D eigenvalue weighted by molar-refractivity contribution is 6.33. The molecule has 0 fully saturated rings. The number of nitrogens with zero attached hydrogens (tertiary/aromatic N) is 3. The summed E-state index contributed by atoms with van der Waals surface area (Å²) < 4.78 is 9.05. The van der Waals surface area contributed by atoms with Gasteiger partial charge in [0, 0.05) is 38.7 Å². The minimum absolute atomic E-state index is 0.798. The maximum absolute atomic E-state index is 6.75. The number of fused-ring (bicyclic) bond motifs is 7. The molecule has 3 heterocycles. The molecule has 0 unspecified atom stereocenters. The molecule has 1 aliphatic carbocycles. The number of aromatic nitrogens is 3. The lowest BCUT2D eigenvalue weighted by Crippen LogP contribution is -2.03. The molecule has 4 heteroatoms. The van der Waals surface area contributed by atoms with Gasteiger partial charge in [0.15, 0.2) is 5.82 Å². The van der Waals surface area contributed by atoms with Gasteiger partial charge in [-0.15, -0.1) is 0 Å². The summed E-state index contributed by atoms with van der Waals surface area (Å²) in [4.78, 5) is 10.6. The fraction of sp³-hybridized carbons (Fsp3) is 0. The van der Waals surface area contributed by atoms with Gasteiger partial charge in [0.25, 0.3) is 0 Å². The molecule has 4 nitrogen and oxygen atoms in total. The largest absolute Gasteiger partial charge is 0.456 e. The number of rotatable bonds is 2. The van der Waals surface area contributed by atoms with Gasteiger partial charge in [-0.2, -0.15) is 0 Å². The normalized spacial score (nSPS) is 12.3. The molecule has 212 valence electrons. The van der Waals surface area contributed by atoms with Crippen molar-refractivity contribution in [1.29, 1.82) is 0 Å². The van der Waals surface area contributed by atoms with Gasteiger partial charge in [0.2, 0.25) is 0 Å². The Hall–Kier alpha value is -6.26. The Bertz CT molecular complexity index is 2910. The van der Waals surface area contributed by atoms with Crippen LogP contribution >= 0.6 is 0 Å². The lowest BCUT2D eigenvalue weighted by molar-refractivity contribution is 0.669. The molecule has 11 rings (SSSR count). The van der Waals surface area contributed by atoms with Crippen molar-refractivity contribution < 1.29 is 4.42 Å². The molecule has 0 saturated carbocycles. The maximum Gasteiger partial charge on any atom is 0.165 e. The molecule has 0 N–H and O–H groups in total. The zero-order chi connectivity index (χ0) is 29.9. The first kappa shape index (κ1) is 24.1. The van der Waals surface area contributed by atoms with E-state index < -0.39 is 0 Å². The van der Waals surface area contributed by atoms with Crippen molar-refractivity contribution in [2.75, 3.05) is 0 Å². The number of hydrogen-bond acceptors (Lipinski definition) is 3. The van der Waals surface area contributed by atoms with Crippen LogP contribution in [0, 0.1) is 0 Å². The molecule has 7 aromatic carbocycles. The van der Waals surface area contributed by atoms with Crippen LogP contribution in [0.4, 0.5) is 0 Å². The Morgan fingerprint density at radius 1 is 0.478 bits per heavy atom. The van der Waals surface area contributed by atoms with Crippen molar-refractivity contribution in [3.63, 3.8) is 0 Å². The van der Waals surface area contributed by atoms with Crippen molar-refractivity contribution in [3.8, 4) is 39.3 Å². The van der Waals surface area contributed by atoms with Gasteiger partial charge in [-0.3, -0.25) is 4.57 Å². The van der Waals surface area contributed by atoms with Crippen LogP contribution in [-0.2, 0) is 0 Å². The molecule has 0 radical (unpaired) electrons. The zero-order valence-electron chi connectivity index (χ0n) is 24.5. The predicted molar refractivity (Wildman–Crippen MR) is 189 cm³/mol. The Labute approximate surface area is 262 Å². The molecule has 10 aromatic rings. The molecular formula is C42H23N3O. The van der Waals surface area contributed by atoms with Crippen LogP contribution < -0.4 is 0 Å². The highest BCUT2D eigenvalue weighted by atomic mass is 16.3. The summed E-state index contributed by atoms with van der Waals surface area (Å²) in [6, 6.07) is 49.2. The molecule has 1 aliphatic rings. The second-order valence-electron chi connectivity index (χ2n) is 12.1. The Balaban J connectivity index is 1.40. The minimum Gasteiger partial charge on any atom is -0.456 e. The lowest BCUT2D eigenvalue weighted by Gasteiger charge is -2.14. The van der Waals surface area contributed by atoms with Crippen LogP contribution in [0.15, 0.2) is 144 Å². The smallest absolute Gasteiger partial charge is 0.165 e. The van der Waals surface area contributed by atoms with Crippen LogP contribution in [0.1, 0.15) is 0 Å². The van der Waals surface area contributed by atoms with E-state index in [1.165, 1.54) is 49.2 Å². The van der Waals surface area contributed by atoms with Crippen molar-refractivity contribution >= 4 is 65.6 Å². The molecule has 0 spiro atoms. The third-order valence-electron chi connectivity index (χ3n) is 9.70. The topological polar surface area (TPSA) is 43.9 Å². The molecule has 46 heavy (non-hydrogen) atoms. The van der Waals surface area contributed by atoms with E-state index in [0.29, 0.717) is 0 Å². The summed E-state index contributed by atoms with van der Waals surface area (Å²) in [5.74, 6) is 0.798. The van der Waals surface area contributed by atoms with Crippen LogP contribution in [0.3, 0.4) is 0 Å². The standard InChI is InChI=1S/C42H23N3O/c1-2-11-25(12-3-1)41-42(44-31-20-6-5-19-30(31)43-41)45-32-21-7-4-15-28(32)37-33(45)23-35-40-38-27(17-10-22-34(38)46-35)26-16-8-13-24-14-9-18-29(36(24)26)39(37)40/h1-23H. The van der Waals surface area contributed by atoms with Gasteiger partial charge in [0.05, 0.1) is 22.1 Å². The summed E-state index contributed by atoms with van der Waals surface area (Å²) in [6.07, 6.45) is 0. The van der Waals surface area contributed by atoms with Gasteiger partial charge >= 0.3 is 0 Å². The Morgan fingerprint density at radius 3 is 2.02 bits per heavy atom. The van der Waals surface area contributed by atoms with Crippen LogP contribution in [0.25, 0.3) is 105 Å². The minimum atomic E-state index is 0.798. The van der Waals surface area contributed by atoms with Crippen molar-refractivity contribution in [1.82, 2.24) is 14.5 Å². The molecule has 0 bridgehead atoms. The van der Waals surface area contributed by atoms with Crippen LogP contribution in [0.5, 0.6) is 0 Å². The third-order valence-corrected chi connectivity index (χ3v) is 9.70. The lowest BCUT2D eigenvalue weighted by atomic mass is 9.91. The molecule has 0 atom stereocenters. The first-order valence-corrected chi connectivity index (χ1v) is 15.6. The van der Waals surface area contributed by atoms with E-state index in [-0.39, 0.29) is 0 Å². The van der Waals surface area contributed by atoms with Crippen molar-refractivity contribution in [2.24, 2.45) is 0 Å². The fourth-order valence-electron chi connectivity index (χ4n) is 7.86. The van der Waals surface area contributed by atoms with Crippen molar-refractivity contribution in [3.05, 3.63) is 140 Å². The van der Waals surface area contributed by atoms with E-state index in [9.17, 15) is 0 Å². The molecular weight excluding hydrogens is 562 g/mol. The zero-order valence-corrected chi connectivity index (χ0v) is 24.5. The van der Waals surface area contributed by atoms with E-state index >= 15 is 0 Å². The summed E-state index contributed by atoms with van der Waals surface area (Å²) in [5.41, 5.74) is 12.4. The average Bonchev–Trinajstić information content (AvgIpc) is 3.61. The van der Waals surface area contributed by atoms with Gasteiger partial charge < -0.3 is 4.42 Å². The number of furan rings is 1. The highest BCUT2D eigenvalue weighted by Gasteiger charge is 2.29. The van der Waals surface area contributed by atoms with Gasteiger partial charge in [-0.25, -0.2) is 9.97 Å². The first-order chi connectivity index (χ1) is 22.8. The summed E-state index contributed by atoms with van der Waals surface area (Å²) in [7, 11) is 0. The quantitative estimate of drug-likeness (QED) is 0.203. The first-order valence-electron chi connectivity index (χ1n) is 15.6. The summed E-state index contributed by atoms with van der Waals surface area (Å²) >= 11 is 0. The van der Waals surface area contributed by atoms with E-state index in [4.69, 9.17) is 14.4 Å². The second-order valence-corrected chi connectivity index (χ2v) is 12.1. The van der Waals surface area contributed by atoms with Crippen LogP contribution in [0.2, 0.25) is 0 Å². The molecule has 0 aliphatic heterocycles. The SMILES string of the molecule is c1ccc(-c2nc3ccccc3nc2-n2c3ccccc3c3c4c5c(cc32)oc2cccc(c25)-c2cccc3cccc-4c23)cc1. The number of hydrogen-bond donors (Lipinski definition) is 0. The third kappa shape index (κ3) is 3.03. The molecule has 0 saturated heterocycles. The fourth-order valence-corrected chi connectivity index (χ4v) is 7.86. The highest BCUT2D eigenvalue weighted by Crippen LogP contribution is 2.53. The Kier molecular flexibility index (Phi) is 4.55. The summed E-state index contributed by atoms with van der Waals surface area (Å²) in [6.45, 7) is 0. The van der Waals surface area contributed by atoms with Gasteiger partial charge in [0.1, 0.15) is 16.9 Å². The van der Waals surface area contributed by atoms with Crippen LogP contribution in [-0.4, -0.2) is 14.5 Å². The van der Waals surface area contributed by atoms with E-state index in [2.05, 4.69) is 114 Å². The molecule has 0 amide bonds. The monoisotopic (exact) mass is 585 g/mol. The van der Waals surface area contributed by atoms with E-state index in [1.54, 1.807) is 0 Å². The average molecular weight is 586 g/mol. The number of para-hydroxylation sites is 3. The summed E-state index contributed by atoms with van der Waals surface area (Å²) in [5, 5.41) is 7.21. The second kappa shape index (κ2) is 8.68. The predicted octanol–water partition coefficient (Wildman–Crippen LogP) is 11.1. The van der Waals surface area contributed by atoms with Gasteiger partial charge in [-0.05, 0) is 51.7 Å². The number of benzene rings is 7. The van der Waals surface area contributed by atoms with Gasteiger partial charge in [-0.1, -0.05) is 109 Å².